The second-order valence-corrected chi connectivity index (χ2v) is 14.9. The average molecular weight is 684 g/mol. The molecule has 0 unspecified atom stereocenters. The summed E-state index contributed by atoms with van der Waals surface area (Å²) >= 11 is 0. The Labute approximate surface area is 281 Å². The molecule has 0 aliphatic carbocycles. The number of hydrogen-bond acceptors (Lipinski definition) is 9. The fraction of sp³-hybridized carbons (Fsp3) is 0.257. The number of hydrogen-bond donors (Lipinski definition) is 1. The van der Waals surface area contributed by atoms with Gasteiger partial charge in [-0.15, -0.1) is 0 Å². The Morgan fingerprint density at radius 2 is 1.80 bits per heavy atom. The largest absolute Gasteiger partial charge is 0.495 e. The van der Waals surface area contributed by atoms with E-state index in [0.29, 0.717) is 23.7 Å². The van der Waals surface area contributed by atoms with Gasteiger partial charge in [-0.2, -0.15) is 4.98 Å². The molecule has 14 heteroatoms. The number of methoxy groups -OCH3 is 1. The number of nitrogens with one attached hydrogen (secondary N) is 1. The van der Waals surface area contributed by atoms with Crippen LogP contribution in [-0.4, -0.2) is 71.9 Å². The number of rotatable bonds is 7. The van der Waals surface area contributed by atoms with Crippen LogP contribution in [0, 0.1) is 12.7 Å². The first-order valence-corrected chi connectivity index (χ1v) is 16.9. The van der Waals surface area contributed by atoms with Crippen molar-refractivity contribution in [2.75, 3.05) is 44.5 Å². The zero-order valence-corrected chi connectivity index (χ0v) is 28.6. The van der Waals surface area contributed by atoms with Gasteiger partial charge in [-0.3, -0.25) is 9.59 Å². The van der Waals surface area contributed by atoms with Gasteiger partial charge in [0.25, 0.3) is 15.6 Å². The van der Waals surface area contributed by atoms with Crippen LogP contribution in [0.2, 0.25) is 0 Å². The van der Waals surface area contributed by atoms with Crippen LogP contribution in [0.15, 0.2) is 76.6 Å². The highest BCUT2D eigenvalue weighted by Crippen LogP contribution is 2.46. The minimum Gasteiger partial charge on any atom is -0.495 e. The summed E-state index contributed by atoms with van der Waals surface area (Å²) in [5.41, 5.74) is 1.80. The second kappa shape index (κ2) is 11.4. The SMILES string of the molecule is COc1cc2c(cc1Nc1nc3c(ccn3S(=O)(=O)c3ccc(C)cc3)c3nc4cccc(F)c4c(=O)n13)N(C(=O)CN(C)C)CC2(C)C. The van der Waals surface area contributed by atoms with Gasteiger partial charge in [-0.05, 0) is 69.0 Å². The van der Waals surface area contributed by atoms with Crippen molar-refractivity contribution in [1.82, 2.24) is 23.2 Å². The van der Waals surface area contributed by atoms with Gasteiger partial charge < -0.3 is 19.9 Å². The zero-order chi connectivity index (χ0) is 35.0. The van der Waals surface area contributed by atoms with E-state index in [9.17, 15) is 18.0 Å². The van der Waals surface area contributed by atoms with E-state index in [4.69, 9.17) is 4.74 Å². The van der Waals surface area contributed by atoms with Crippen molar-refractivity contribution in [3.05, 3.63) is 94.2 Å². The molecule has 252 valence electrons. The average Bonchev–Trinajstić information content (AvgIpc) is 3.59. The Morgan fingerprint density at radius 1 is 1.06 bits per heavy atom. The van der Waals surface area contributed by atoms with Crippen molar-refractivity contribution in [2.45, 2.75) is 31.1 Å². The monoisotopic (exact) mass is 683 g/mol. The minimum atomic E-state index is -4.14. The Kier molecular flexibility index (Phi) is 7.48. The van der Waals surface area contributed by atoms with Crippen molar-refractivity contribution in [3.8, 4) is 5.75 Å². The maximum absolute atomic E-state index is 15.1. The molecular formula is C35H34FN7O5S. The van der Waals surface area contributed by atoms with Crippen LogP contribution < -0.4 is 20.5 Å². The van der Waals surface area contributed by atoms with Gasteiger partial charge >= 0.3 is 0 Å². The minimum absolute atomic E-state index is 0.00484. The number of likely N-dealkylation sites (N-methyl/N-ethyl adjacent to an activating group) is 1. The number of carbonyl (C=O) groups excluding carboxylic acids is 1. The molecule has 0 fully saturated rings. The third-order valence-corrected chi connectivity index (χ3v) is 10.5. The number of benzene rings is 3. The van der Waals surface area contributed by atoms with E-state index < -0.39 is 26.8 Å². The number of halogens is 1. The summed E-state index contributed by atoms with van der Waals surface area (Å²) in [7, 11) is 0.997. The Balaban J connectivity index is 1.49. The molecule has 0 saturated carbocycles. The standard InChI is InChI=1S/C35H34FN7O5S/c1-20-10-12-21(13-11-20)49(46,47)42-15-14-22-31(42)39-34(43-32(22)37-25-9-7-8-24(36)30(25)33(43)45)38-26-17-27-23(16-28(26)48-6)35(2,3)19-41(27)29(44)18-40(4)5/h7-17H,18-19H2,1-6H3,(H,38,39). The third-order valence-electron chi connectivity index (χ3n) is 8.81. The lowest BCUT2D eigenvalue weighted by molar-refractivity contribution is -0.119. The number of nitrogens with zero attached hydrogens (tertiary/aromatic N) is 6. The molecule has 1 amide bonds. The first kappa shape index (κ1) is 32.2. The molecule has 6 aromatic rings. The van der Waals surface area contributed by atoms with Gasteiger partial charge in [0.1, 0.15) is 17.0 Å². The first-order valence-electron chi connectivity index (χ1n) is 15.5. The number of amides is 1. The van der Waals surface area contributed by atoms with Gasteiger partial charge in [-0.25, -0.2) is 26.2 Å². The van der Waals surface area contributed by atoms with Crippen molar-refractivity contribution in [2.24, 2.45) is 0 Å². The quantitative estimate of drug-likeness (QED) is 0.236. The molecule has 49 heavy (non-hydrogen) atoms. The fourth-order valence-electron chi connectivity index (χ4n) is 6.37. The van der Waals surface area contributed by atoms with E-state index >= 15 is 4.39 Å². The maximum atomic E-state index is 15.1. The molecule has 1 aliphatic rings. The predicted octanol–water partition coefficient (Wildman–Crippen LogP) is 4.82. The fourth-order valence-corrected chi connectivity index (χ4v) is 7.67. The van der Waals surface area contributed by atoms with E-state index in [1.165, 1.54) is 49.7 Å². The molecule has 0 spiro atoms. The molecule has 3 aromatic heterocycles. The Hall–Kier alpha value is -5.34. The third kappa shape index (κ3) is 5.18. The molecule has 0 bridgehead atoms. The number of aromatic nitrogens is 4. The van der Waals surface area contributed by atoms with Crippen molar-refractivity contribution >= 4 is 60.8 Å². The van der Waals surface area contributed by atoms with Crippen LogP contribution in [-0.2, 0) is 20.2 Å². The highest BCUT2D eigenvalue weighted by Gasteiger charge is 2.39. The van der Waals surface area contributed by atoms with Gasteiger partial charge in [-0.1, -0.05) is 37.6 Å². The van der Waals surface area contributed by atoms with Gasteiger partial charge in [0, 0.05) is 23.8 Å². The normalized spacial score (nSPS) is 14.2. The lowest BCUT2D eigenvalue weighted by atomic mass is 9.86. The number of aryl methyl sites for hydroxylation is 1. The molecular weight excluding hydrogens is 649 g/mol. The van der Waals surface area contributed by atoms with E-state index in [1.807, 2.05) is 40.9 Å². The molecule has 3 aromatic carbocycles. The molecule has 12 nitrogen and oxygen atoms in total. The van der Waals surface area contributed by atoms with E-state index in [1.54, 1.807) is 28.0 Å². The molecule has 1 aliphatic heterocycles. The highest BCUT2D eigenvalue weighted by molar-refractivity contribution is 7.90. The second-order valence-electron chi connectivity index (χ2n) is 13.1. The van der Waals surface area contributed by atoms with Gasteiger partial charge in [0.2, 0.25) is 11.9 Å². The predicted molar refractivity (Wildman–Crippen MR) is 186 cm³/mol. The smallest absolute Gasteiger partial charge is 0.271 e. The van der Waals surface area contributed by atoms with Crippen molar-refractivity contribution in [1.29, 1.82) is 0 Å². The van der Waals surface area contributed by atoms with Crippen molar-refractivity contribution < 1.29 is 22.3 Å². The molecule has 1 N–H and O–H groups in total. The summed E-state index contributed by atoms with van der Waals surface area (Å²) in [6, 6.07) is 15.6. The van der Waals surface area contributed by atoms with Crippen LogP contribution >= 0.6 is 0 Å². The van der Waals surface area contributed by atoms with Crippen LogP contribution in [0.3, 0.4) is 0 Å². The molecule has 4 heterocycles. The first-order chi connectivity index (χ1) is 23.2. The van der Waals surface area contributed by atoms with E-state index in [-0.39, 0.29) is 50.9 Å². The molecule has 0 atom stereocenters. The molecule has 0 radical (unpaired) electrons. The van der Waals surface area contributed by atoms with Crippen LogP contribution in [0.1, 0.15) is 25.0 Å². The Morgan fingerprint density at radius 3 is 2.49 bits per heavy atom. The van der Waals surface area contributed by atoms with E-state index in [2.05, 4.69) is 15.3 Å². The molecule has 7 rings (SSSR count). The van der Waals surface area contributed by atoms with Crippen LogP contribution in [0.25, 0.3) is 27.6 Å². The number of fused-ring (bicyclic) bond motifs is 5. The van der Waals surface area contributed by atoms with Crippen LogP contribution in [0.4, 0.5) is 21.7 Å². The number of ether oxygens (including phenoxy) is 1. The zero-order valence-electron chi connectivity index (χ0n) is 27.8. The lowest BCUT2D eigenvalue weighted by Gasteiger charge is -2.22. The maximum Gasteiger partial charge on any atom is 0.271 e. The van der Waals surface area contributed by atoms with E-state index in [0.717, 1.165) is 19.5 Å². The number of carbonyl (C=O) groups is 1. The molecule has 0 saturated heterocycles. The van der Waals surface area contributed by atoms with Gasteiger partial charge in [0.05, 0.1) is 35.1 Å². The number of anilines is 3. The summed E-state index contributed by atoms with van der Waals surface area (Å²) < 4.78 is 50.9. The summed E-state index contributed by atoms with van der Waals surface area (Å²) in [4.78, 5) is 40.3. The summed E-state index contributed by atoms with van der Waals surface area (Å²) in [6.45, 7) is 6.57. The summed E-state index contributed by atoms with van der Waals surface area (Å²) in [5.74, 6) is -0.605. The highest BCUT2D eigenvalue weighted by atomic mass is 32.2. The van der Waals surface area contributed by atoms with Gasteiger partial charge in [0.15, 0.2) is 11.3 Å². The topological polar surface area (TPSA) is 131 Å². The lowest BCUT2D eigenvalue weighted by Crippen LogP contribution is -2.39. The summed E-state index contributed by atoms with van der Waals surface area (Å²) in [5, 5.41) is 3.17. The van der Waals surface area contributed by atoms with Crippen LogP contribution in [0.5, 0.6) is 5.75 Å². The van der Waals surface area contributed by atoms with Crippen molar-refractivity contribution in [3.63, 3.8) is 0 Å². The summed E-state index contributed by atoms with van der Waals surface area (Å²) in [6.07, 6.45) is 1.35. The Bertz CT molecular complexity index is 2510.